The van der Waals surface area contributed by atoms with Crippen LogP contribution in [-0.4, -0.2) is 0 Å². The monoisotopic (exact) mass is 454 g/mol. The first-order chi connectivity index (χ1) is 11.9. The van der Waals surface area contributed by atoms with Crippen molar-refractivity contribution >= 4 is 22.6 Å². The average Bonchev–Trinajstić information content (AvgIpc) is 2.58. The number of ether oxygens (including phenoxy) is 1. The predicted octanol–water partition coefficient (Wildman–Crippen LogP) is 6.26. The van der Waals surface area contributed by atoms with Crippen molar-refractivity contribution in [2.75, 3.05) is 0 Å². The lowest BCUT2D eigenvalue weighted by Crippen LogP contribution is -1.98. The fraction of sp³-hybridized carbons (Fsp3) is 0.100. The molecule has 0 fully saturated rings. The molecule has 1 nitrogen and oxygen atoms in total. The minimum Gasteiger partial charge on any atom is -0.489 e. The fourth-order valence-electron chi connectivity index (χ4n) is 2.42. The molecular weight excluding hydrogens is 440 g/mol. The van der Waals surface area contributed by atoms with Gasteiger partial charge in [0.2, 0.25) is 0 Å². The number of hydrogen-bond donors (Lipinski definition) is 0. The third-order valence-corrected chi connectivity index (χ3v) is 4.54. The Hall–Kier alpha value is -2.02. The molecule has 0 saturated heterocycles. The number of rotatable bonds is 4. The van der Waals surface area contributed by atoms with Gasteiger partial charge in [0.25, 0.3) is 0 Å². The van der Waals surface area contributed by atoms with E-state index in [-0.39, 0.29) is 21.7 Å². The Balaban J connectivity index is 1.73. The molecule has 0 aliphatic rings. The summed E-state index contributed by atoms with van der Waals surface area (Å²) in [6.45, 7) is 2.05. The molecule has 128 valence electrons. The topological polar surface area (TPSA) is 9.23 Å². The van der Waals surface area contributed by atoms with E-state index in [1.807, 2.05) is 25.1 Å². The summed E-state index contributed by atoms with van der Waals surface area (Å²) in [5.74, 6) is -1.82. The maximum Gasteiger partial charge on any atom is 0.172 e. The van der Waals surface area contributed by atoms with Gasteiger partial charge >= 0.3 is 0 Å². The van der Waals surface area contributed by atoms with E-state index in [0.29, 0.717) is 5.56 Å². The van der Waals surface area contributed by atoms with E-state index < -0.39 is 11.6 Å². The van der Waals surface area contributed by atoms with Crippen LogP contribution in [0.1, 0.15) is 11.1 Å². The van der Waals surface area contributed by atoms with E-state index in [1.165, 1.54) is 12.1 Å². The summed E-state index contributed by atoms with van der Waals surface area (Å²) >= 11 is 1.72. The van der Waals surface area contributed by atoms with Crippen LogP contribution in [0.4, 0.5) is 13.2 Å². The van der Waals surface area contributed by atoms with Gasteiger partial charge in [-0.15, -0.1) is 0 Å². The highest BCUT2D eigenvalue weighted by Gasteiger charge is 2.10. The molecule has 0 amide bonds. The van der Waals surface area contributed by atoms with Crippen LogP contribution >= 0.6 is 22.6 Å². The normalized spacial score (nSPS) is 10.8. The first-order valence-corrected chi connectivity index (χ1v) is 8.65. The number of benzene rings is 3. The molecule has 0 aliphatic heterocycles. The molecule has 0 aromatic heterocycles. The van der Waals surface area contributed by atoms with Crippen LogP contribution in [-0.2, 0) is 6.61 Å². The van der Waals surface area contributed by atoms with E-state index in [4.69, 9.17) is 4.74 Å². The summed E-state index contributed by atoms with van der Waals surface area (Å²) in [5, 5.41) is 0. The van der Waals surface area contributed by atoms with Crippen molar-refractivity contribution in [1.29, 1.82) is 0 Å². The second-order valence-corrected chi connectivity index (χ2v) is 6.83. The van der Waals surface area contributed by atoms with Crippen molar-refractivity contribution in [2.45, 2.75) is 13.5 Å². The van der Waals surface area contributed by atoms with E-state index >= 15 is 0 Å². The van der Waals surface area contributed by atoms with Gasteiger partial charge in [-0.1, -0.05) is 36.4 Å². The molecule has 3 rings (SSSR count). The SMILES string of the molecule is Cc1ccc(-c2ccc(COc3cc(F)c(F)c(I)c3)cc2)c(F)c1. The van der Waals surface area contributed by atoms with Gasteiger partial charge in [-0.2, -0.15) is 0 Å². The summed E-state index contributed by atoms with van der Waals surface area (Å²) in [5.41, 5.74) is 3.01. The molecule has 0 N–H and O–H groups in total. The third kappa shape index (κ3) is 4.15. The van der Waals surface area contributed by atoms with Crippen LogP contribution in [0.2, 0.25) is 0 Å². The van der Waals surface area contributed by atoms with Gasteiger partial charge in [-0.25, -0.2) is 13.2 Å². The van der Waals surface area contributed by atoms with Gasteiger partial charge in [-0.05, 0) is 58.3 Å². The van der Waals surface area contributed by atoms with Crippen LogP contribution in [0.15, 0.2) is 54.6 Å². The Bertz CT molecular complexity index is 884. The minimum atomic E-state index is -0.938. The van der Waals surface area contributed by atoms with Crippen molar-refractivity contribution in [2.24, 2.45) is 0 Å². The molecule has 0 radical (unpaired) electrons. The van der Waals surface area contributed by atoms with E-state index in [1.54, 1.807) is 40.8 Å². The minimum absolute atomic E-state index is 0.165. The van der Waals surface area contributed by atoms with Gasteiger partial charge in [0.15, 0.2) is 11.6 Å². The van der Waals surface area contributed by atoms with E-state index in [2.05, 4.69) is 0 Å². The number of halogens is 4. The zero-order valence-electron chi connectivity index (χ0n) is 13.3. The van der Waals surface area contributed by atoms with Crippen LogP contribution in [0.25, 0.3) is 11.1 Å². The Morgan fingerprint density at radius 2 is 1.60 bits per heavy atom. The highest BCUT2D eigenvalue weighted by molar-refractivity contribution is 14.1. The Kier molecular flexibility index (Phi) is 5.32. The summed E-state index contributed by atoms with van der Waals surface area (Å²) in [6, 6.07) is 14.8. The summed E-state index contributed by atoms with van der Waals surface area (Å²) in [4.78, 5) is 0. The van der Waals surface area contributed by atoms with Crippen molar-refractivity contribution in [3.05, 3.63) is 86.7 Å². The lowest BCUT2D eigenvalue weighted by Gasteiger charge is -2.09. The highest BCUT2D eigenvalue weighted by Crippen LogP contribution is 2.25. The lowest BCUT2D eigenvalue weighted by molar-refractivity contribution is 0.303. The zero-order valence-corrected chi connectivity index (χ0v) is 15.5. The van der Waals surface area contributed by atoms with Crippen LogP contribution in [0.5, 0.6) is 5.75 Å². The molecule has 25 heavy (non-hydrogen) atoms. The van der Waals surface area contributed by atoms with Crippen molar-refractivity contribution in [3.8, 4) is 16.9 Å². The first kappa shape index (κ1) is 17.8. The average molecular weight is 454 g/mol. The highest BCUT2D eigenvalue weighted by atomic mass is 127. The molecule has 0 unspecified atom stereocenters. The first-order valence-electron chi connectivity index (χ1n) is 7.57. The number of aryl methyl sites for hydroxylation is 1. The second-order valence-electron chi connectivity index (χ2n) is 5.67. The fourth-order valence-corrected chi connectivity index (χ4v) is 2.98. The molecule has 0 atom stereocenters. The van der Waals surface area contributed by atoms with Crippen molar-refractivity contribution in [1.82, 2.24) is 0 Å². The van der Waals surface area contributed by atoms with Crippen molar-refractivity contribution < 1.29 is 17.9 Å². The summed E-state index contributed by atoms with van der Waals surface area (Å²) < 4.78 is 46.3. The van der Waals surface area contributed by atoms with Crippen molar-refractivity contribution in [3.63, 3.8) is 0 Å². The van der Waals surface area contributed by atoms with Crippen LogP contribution in [0, 0.1) is 27.9 Å². The molecule has 0 aliphatic carbocycles. The number of hydrogen-bond acceptors (Lipinski definition) is 1. The predicted molar refractivity (Wildman–Crippen MR) is 100.0 cm³/mol. The molecule has 5 heteroatoms. The molecule has 0 heterocycles. The second kappa shape index (κ2) is 7.47. The summed E-state index contributed by atoms with van der Waals surface area (Å²) in [6.07, 6.45) is 0. The lowest BCUT2D eigenvalue weighted by atomic mass is 10.0. The van der Waals surface area contributed by atoms with Crippen LogP contribution in [0.3, 0.4) is 0 Å². The molecule has 3 aromatic rings. The van der Waals surface area contributed by atoms with Gasteiger partial charge in [-0.3, -0.25) is 0 Å². The van der Waals surface area contributed by atoms with Gasteiger partial charge < -0.3 is 4.74 Å². The Morgan fingerprint density at radius 3 is 2.24 bits per heavy atom. The summed E-state index contributed by atoms with van der Waals surface area (Å²) in [7, 11) is 0. The maximum absolute atomic E-state index is 14.0. The van der Waals surface area contributed by atoms with E-state index in [0.717, 1.165) is 22.8 Å². The molecule has 3 aromatic carbocycles. The molecular formula is C20H14F3IO. The quantitative estimate of drug-likeness (QED) is 0.334. The van der Waals surface area contributed by atoms with E-state index in [9.17, 15) is 13.2 Å². The standard InChI is InChI=1S/C20H14F3IO/c1-12-2-7-16(17(21)8-12)14-5-3-13(4-6-14)11-25-15-9-18(22)20(23)19(24)10-15/h2-10H,11H2,1H3. The Morgan fingerprint density at radius 1 is 0.880 bits per heavy atom. The molecule has 0 spiro atoms. The van der Waals surface area contributed by atoms with Gasteiger partial charge in [0.05, 0.1) is 3.57 Å². The van der Waals surface area contributed by atoms with Gasteiger partial charge in [0, 0.05) is 11.6 Å². The smallest absolute Gasteiger partial charge is 0.172 e. The maximum atomic E-state index is 14.0. The molecule has 0 bridgehead atoms. The third-order valence-electron chi connectivity index (χ3n) is 3.75. The largest absolute Gasteiger partial charge is 0.489 e. The molecule has 0 saturated carbocycles. The zero-order chi connectivity index (χ0) is 18.0. The Labute approximate surface area is 157 Å². The van der Waals surface area contributed by atoms with Gasteiger partial charge in [0.1, 0.15) is 18.2 Å². The van der Waals surface area contributed by atoms with Crippen LogP contribution < -0.4 is 4.74 Å².